The Morgan fingerprint density at radius 1 is 1.04 bits per heavy atom. The fourth-order valence-electron chi connectivity index (χ4n) is 3.04. The van der Waals surface area contributed by atoms with Gasteiger partial charge in [0.15, 0.2) is 6.29 Å². The second-order valence-corrected chi connectivity index (χ2v) is 7.10. The molecule has 0 unspecified atom stereocenters. The number of ether oxygens (including phenoxy) is 2. The standard InChI is InChI=1S/C18H16N2O2S/c1-2-11(1)13-5-6-19-15-9-16(23-17(13)15)14-4-3-12(10-20-14)18-21-7-8-22-18/h3-6,9-11,18H,1-2,7-8H2. The van der Waals surface area contributed by atoms with Crippen molar-refractivity contribution in [1.29, 1.82) is 0 Å². The Hall–Kier alpha value is -1.82. The van der Waals surface area contributed by atoms with Crippen molar-refractivity contribution in [2.24, 2.45) is 0 Å². The van der Waals surface area contributed by atoms with Gasteiger partial charge in [-0.25, -0.2) is 0 Å². The summed E-state index contributed by atoms with van der Waals surface area (Å²) in [5, 5.41) is 0. The largest absolute Gasteiger partial charge is 0.346 e. The summed E-state index contributed by atoms with van der Waals surface area (Å²) in [6.45, 7) is 1.30. The molecule has 0 radical (unpaired) electrons. The van der Waals surface area contributed by atoms with Crippen LogP contribution in [0.2, 0.25) is 0 Å². The molecule has 3 aromatic rings. The molecule has 0 bridgehead atoms. The molecule has 5 rings (SSSR count). The second kappa shape index (κ2) is 5.37. The molecular weight excluding hydrogens is 308 g/mol. The molecule has 0 spiro atoms. The maximum Gasteiger partial charge on any atom is 0.185 e. The summed E-state index contributed by atoms with van der Waals surface area (Å²) < 4.78 is 12.3. The average Bonchev–Trinajstić information content (AvgIpc) is 3.12. The Balaban J connectivity index is 1.51. The average molecular weight is 324 g/mol. The first kappa shape index (κ1) is 13.6. The van der Waals surface area contributed by atoms with Crippen LogP contribution < -0.4 is 0 Å². The summed E-state index contributed by atoms with van der Waals surface area (Å²) in [6.07, 6.45) is 6.13. The van der Waals surface area contributed by atoms with Gasteiger partial charge in [0.1, 0.15) is 0 Å². The lowest BCUT2D eigenvalue weighted by molar-refractivity contribution is -0.0443. The second-order valence-electron chi connectivity index (χ2n) is 6.05. The maximum atomic E-state index is 5.51. The van der Waals surface area contributed by atoms with Gasteiger partial charge >= 0.3 is 0 Å². The quantitative estimate of drug-likeness (QED) is 0.721. The Bertz CT molecular complexity index is 849. The minimum absolute atomic E-state index is 0.262. The lowest BCUT2D eigenvalue weighted by Gasteiger charge is -2.08. The third kappa shape index (κ3) is 2.45. The Morgan fingerprint density at radius 2 is 1.91 bits per heavy atom. The summed E-state index contributed by atoms with van der Waals surface area (Å²) in [5.74, 6) is 0.735. The number of aromatic nitrogens is 2. The van der Waals surface area contributed by atoms with E-state index in [4.69, 9.17) is 9.47 Å². The fourth-order valence-corrected chi connectivity index (χ4v) is 4.23. The summed E-state index contributed by atoms with van der Waals surface area (Å²) in [4.78, 5) is 10.3. The first-order valence-corrected chi connectivity index (χ1v) is 8.78. The first-order chi connectivity index (χ1) is 11.4. The molecule has 2 fully saturated rings. The SMILES string of the molecule is c1cc(C2CC2)c2sc(-c3ccc(C4OCCO4)cn3)cc2n1. The molecule has 1 aliphatic carbocycles. The first-order valence-electron chi connectivity index (χ1n) is 7.96. The number of nitrogens with zero attached hydrogens (tertiary/aromatic N) is 2. The number of pyridine rings is 2. The van der Waals surface area contributed by atoms with Gasteiger partial charge in [-0.1, -0.05) is 6.07 Å². The highest BCUT2D eigenvalue weighted by Gasteiger charge is 2.26. The molecule has 0 N–H and O–H groups in total. The van der Waals surface area contributed by atoms with Gasteiger partial charge in [0.05, 0.1) is 34.0 Å². The van der Waals surface area contributed by atoms with E-state index in [1.165, 1.54) is 28.0 Å². The van der Waals surface area contributed by atoms with Crippen molar-refractivity contribution in [2.75, 3.05) is 13.2 Å². The van der Waals surface area contributed by atoms with Crippen molar-refractivity contribution in [2.45, 2.75) is 25.0 Å². The van der Waals surface area contributed by atoms with Crippen LogP contribution in [0.1, 0.15) is 36.2 Å². The molecule has 2 aliphatic rings. The van der Waals surface area contributed by atoms with Gasteiger partial charge in [0.2, 0.25) is 0 Å². The van der Waals surface area contributed by atoms with Crippen LogP contribution in [0.5, 0.6) is 0 Å². The lowest BCUT2D eigenvalue weighted by Crippen LogP contribution is -1.98. The zero-order valence-corrected chi connectivity index (χ0v) is 13.4. The van der Waals surface area contributed by atoms with E-state index in [9.17, 15) is 0 Å². The van der Waals surface area contributed by atoms with E-state index in [0.29, 0.717) is 13.2 Å². The highest BCUT2D eigenvalue weighted by molar-refractivity contribution is 7.22. The van der Waals surface area contributed by atoms with Gasteiger partial charge in [0, 0.05) is 18.0 Å². The van der Waals surface area contributed by atoms with Crippen LogP contribution in [0.4, 0.5) is 0 Å². The zero-order chi connectivity index (χ0) is 15.2. The number of fused-ring (bicyclic) bond motifs is 1. The van der Waals surface area contributed by atoms with Gasteiger partial charge < -0.3 is 9.47 Å². The Labute approximate surface area is 138 Å². The highest BCUT2D eigenvalue weighted by Crippen LogP contribution is 2.45. The van der Waals surface area contributed by atoms with Crippen LogP contribution in [0, 0.1) is 0 Å². The molecule has 0 atom stereocenters. The van der Waals surface area contributed by atoms with E-state index >= 15 is 0 Å². The maximum absolute atomic E-state index is 5.51. The molecule has 3 aromatic heterocycles. The van der Waals surface area contributed by atoms with E-state index < -0.39 is 0 Å². The van der Waals surface area contributed by atoms with Crippen LogP contribution in [-0.4, -0.2) is 23.2 Å². The van der Waals surface area contributed by atoms with E-state index in [2.05, 4.69) is 22.1 Å². The number of hydrogen-bond donors (Lipinski definition) is 0. The van der Waals surface area contributed by atoms with E-state index in [1.807, 2.05) is 24.5 Å². The van der Waals surface area contributed by atoms with E-state index in [-0.39, 0.29) is 6.29 Å². The molecule has 0 amide bonds. The van der Waals surface area contributed by atoms with E-state index in [0.717, 1.165) is 22.7 Å². The topological polar surface area (TPSA) is 44.2 Å². The minimum atomic E-state index is -0.262. The smallest absolute Gasteiger partial charge is 0.185 e. The van der Waals surface area contributed by atoms with Gasteiger partial charge in [-0.3, -0.25) is 9.97 Å². The van der Waals surface area contributed by atoms with Crippen molar-refractivity contribution in [3.63, 3.8) is 0 Å². The summed E-state index contributed by atoms with van der Waals surface area (Å²) >= 11 is 1.80. The van der Waals surface area contributed by atoms with Crippen molar-refractivity contribution in [3.8, 4) is 10.6 Å². The van der Waals surface area contributed by atoms with Crippen molar-refractivity contribution >= 4 is 21.6 Å². The third-order valence-electron chi connectivity index (χ3n) is 4.39. The van der Waals surface area contributed by atoms with Crippen LogP contribution in [-0.2, 0) is 9.47 Å². The lowest BCUT2D eigenvalue weighted by atomic mass is 10.1. The molecule has 1 saturated heterocycles. The summed E-state index contributed by atoms with van der Waals surface area (Å²) in [5.41, 5.74) is 4.50. The van der Waals surface area contributed by atoms with Crippen LogP contribution in [0.25, 0.3) is 20.8 Å². The fraction of sp³-hybridized carbons (Fsp3) is 0.333. The van der Waals surface area contributed by atoms with Crippen molar-refractivity contribution < 1.29 is 9.47 Å². The van der Waals surface area contributed by atoms with Crippen molar-refractivity contribution in [1.82, 2.24) is 9.97 Å². The minimum Gasteiger partial charge on any atom is -0.346 e. The predicted octanol–water partition coefficient (Wildman–Crippen LogP) is 4.28. The molecule has 0 aromatic carbocycles. The Kier molecular flexibility index (Phi) is 3.18. The molecule has 5 heteroatoms. The van der Waals surface area contributed by atoms with Crippen molar-refractivity contribution in [3.05, 3.63) is 47.8 Å². The molecule has 116 valence electrons. The summed E-state index contributed by atoms with van der Waals surface area (Å²) in [6, 6.07) is 8.40. The monoisotopic (exact) mass is 324 g/mol. The molecular formula is C18H16N2O2S. The van der Waals surface area contributed by atoms with Gasteiger partial charge in [0.25, 0.3) is 0 Å². The molecule has 1 saturated carbocycles. The Morgan fingerprint density at radius 3 is 2.65 bits per heavy atom. The van der Waals surface area contributed by atoms with Crippen LogP contribution in [0.3, 0.4) is 0 Å². The highest BCUT2D eigenvalue weighted by atomic mass is 32.1. The van der Waals surface area contributed by atoms with Crippen LogP contribution >= 0.6 is 11.3 Å². The zero-order valence-electron chi connectivity index (χ0n) is 12.6. The van der Waals surface area contributed by atoms with Crippen LogP contribution in [0.15, 0.2) is 36.7 Å². The number of hydrogen-bond acceptors (Lipinski definition) is 5. The molecule has 4 heterocycles. The van der Waals surface area contributed by atoms with E-state index in [1.54, 1.807) is 11.3 Å². The summed E-state index contributed by atoms with van der Waals surface area (Å²) in [7, 11) is 0. The molecule has 4 nitrogen and oxygen atoms in total. The third-order valence-corrected chi connectivity index (χ3v) is 5.59. The van der Waals surface area contributed by atoms with Gasteiger partial charge in [-0.05, 0) is 42.5 Å². The normalized spacial score (nSPS) is 18.8. The molecule has 1 aliphatic heterocycles. The van der Waals surface area contributed by atoms with Gasteiger partial charge in [-0.15, -0.1) is 11.3 Å². The number of rotatable bonds is 3. The van der Waals surface area contributed by atoms with Gasteiger partial charge in [-0.2, -0.15) is 0 Å². The number of thiophene rings is 1. The molecule has 23 heavy (non-hydrogen) atoms. The predicted molar refractivity (Wildman–Crippen MR) is 89.5 cm³/mol.